The molecule has 0 fully saturated rings. The molecule has 0 bridgehead atoms. The van der Waals surface area contributed by atoms with E-state index in [2.05, 4.69) is 12.2 Å². The number of carbonyl (C=O) groups is 1. The van der Waals surface area contributed by atoms with Gasteiger partial charge in [-0.25, -0.2) is 0 Å². The number of nitrogens with zero attached hydrogens (tertiary/aromatic N) is 1. The fraction of sp³-hybridized carbons (Fsp3) is 0.182. The highest BCUT2D eigenvalue weighted by Crippen LogP contribution is 2.10. The zero-order chi connectivity index (χ0) is 11.1. The van der Waals surface area contributed by atoms with Gasteiger partial charge in [-0.05, 0) is 24.3 Å². The lowest BCUT2D eigenvalue weighted by atomic mass is 10.2. The van der Waals surface area contributed by atoms with E-state index in [1.54, 1.807) is 24.3 Å². The molecule has 15 heavy (non-hydrogen) atoms. The van der Waals surface area contributed by atoms with Gasteiger partial charge in [-0.1, -0.05) is 0 Å². The van der Waals surface area contributed by atoms with E-state index >= 15 is 0 Å². The summed E-state index contributed by atoms with van der Waals surface area (Å²) in [5.41, 5.74) is 0.591. The maximum absolute atomic E-state index is 10.4. The summed E-state index contributed by atoms with van der Waals surface area (Å²) in [5.74, 6) is 0.353. The van der Waals surface area contributed by atoms with E-state index in [-0.39, 0.29) is 5.91 Å². The minimum atomic E-state index is -0.321. The van der Waals surface area contributed by atoms with Crippen LogP contribution < -0.4 is 10.1 Å². The van der Waals surface area contributed by atoms with E-state index in [0.717, 1.165) is 0 Å². The molecular weight excluding hydrogens is 192 g/mol. The number of nitriles is 1. The minimum Gasteiger partial charge on any atom is -0.492 e. The average Bonchev–Trinajstić information content (AvgIpc) is 2.25. The van der Waals surface area contributed by atoms with E-state index in [0.29, 0.717) is 24.5 Å². The molecule has 77 valence electrons. The summed E-state index contributed by atoms with van der Waals surface area (Å²) in [7, 11) is 0. The standard InChI is InChI=1S/C11H11N2O2/c1-9(14)13-6-7-15-11-4-2-10(8-12)3-5-11/h2-5H,1,6-7H2,(H,13,14). The van der Waals surface area contributed by atoms with Crippen LogP contribution in [0.4, 0.5) is 0 Å². The van der Waals surface area contributed by atoms with Crippen molar-refractivity contribution in [1.82, 2.24) is 5.32 Å². The zero-order valence-electron chi connectivity index (χ0n) is 8.19. The molecule has 0 aliphatic heterocycles. The Labute approximate surface area is 88.5 Å². The lowest BCUT2D eigenvalue weighted by Gasteiger charge is -2.05. The topological polar surface area (TPSA) is 62.1 Å². The average molecular weight is 203 g/mol. The molecule has 0 saturated carbocycles. The second kappa shape index (κ2) is 5.66. The van der Waals surface area contributed by atoms with Crippen molar-refractivity contribution in [3.63, 3.8) is 0 Å². The first-order valence-electron chi connectivity index (χ1n) is 4.45. The van der Waals surface area contributed by atoms with Crippen LogP contribution in [-0.2, 0) is 4.79 Å². The Morgan fingerprint density at radius 1 is 1.47 bits per heavy atom. The third-order valence-corrected chi connectivity index (χ3v) is 1.68. The molecule has 1 aromatic rings. The van der Waals surface area contributed by atoms with E-state index in [9.17, 15) is 4.79 Å². The van der Waals surface area contributed by atoms with Gasteiger partial charge in [-0.15, -0.1) is 0 Å². The largest absolute Gasteiger partial charge is 0.492 e. The number of hydrogen-bond acceptors (Lipinski definition) is 3. The highest BCUT2D eigenvalue weighted by Gasteiger charge is 1.95. The van der Waals surface area contributed by atoms with Crippen molar-refractivity contribution in [2.45, 2.75) is 0 Å². The smallest absolute Gasteiger partial charge is 0.220 e. The van der Waals surface area contributed by atoms with Crippen LogP contribution >= 0.6 is 0 Å². The predicted octanol–water partition coefficient (Wildman–Crippen LogP) is 0.887. The Bertz CT molecular complexity index is 365. The Morgan fingerprint density at radius 3 is 2.67 bits per heavy atom. The molecule has 4 nitrogen and oxygen atoms in total. The van der Waals surface area contributed by atoms with Crippen molar-refractivity contribution < 1.29 is 9.53 Å². The lowest BCUT2D eigenvalue weighted by Crippen LogP contribution is -2.25. The fourth-order valence-corrected chi connectivity index (χ4v) is 0.985. The molecule has 4 heteroatoms. The maximum atomic E-state index is 10.4. The Kier molecular flexibility index (Phi) is 4.17. The molecule has 0 atom stereocenters. The molecule has 1 N–H and O–H groups in total. The Morgan fingerprint density at radius 2 is 2.13 bits per heavy atom. The first kappa shape index (κ1) is 11.1. The van der Waals surface area contributed by atoms with Crippen molar-refractivity contribution >= 4 is 5.91 Å². The molecule has 1 radical (unpaired) electrons. The summed E-state index contributed by atoms with van der Waals surface area (Å²) in [5, 5.41) is 11.1. The summed E-state index contributed by atoms with van der Waals surface area (Å²) < 4.78 is 5.30. The normalized spacial score (nSPS) is 9.07. The Hall–Kier alpha value is -2.02. The van der Waals surface area contributed by atoms with Crippen molar-refractivity contribution in [3.8, 4) is 11.8 Å². The third-order valence-electron chi connectivity index (χ3n) is 1.68. The van der Waals surface area contributed by atoms with Gasteiger partial charge in [-0.3, -0.25) is 4.79 Å². The van der Waals surface area contributed by atoms with Gasteiger partial charge >= 0.3 is 0 Å². The third kappa shape index (κ3) is 4.14. The van der Waals surface area contributed by atoms with Crippen LogP contribution in [0.25, 0.3) is 0 Å². The van der Waals surface area contributed by atoms with Crippen LogP contribution in [0.5, 0.6) is 5.75 Å². The molecule has 0 unspecified atom stereocenters. The minimum absolute atomic E-state index is 0.321. The van der Waals surface area contributed by atoms with Gasteiger partial charge in [0.1, 0.15) is 12.4 Å². The number of benzene rings is 1. The van der Waals surface area contributed by atoms with Crippen LogP contribution in [0, 0.1) is 18.3 Å². The quantitative estimate of drug-likeness (QED) is 0.739. The van der Waals surface area contributed by atoms with Gasteiger partial charge in [0.15, 0.2) is 0 Å². The van der Waals surface area contributed by atoms with Gasteiger partial charge in [-0.2, -0.15) is 5.26 Å². The van der Waals surface area contributed by atoms with Crippen LogP contribution in [0.15, 0.2) is 24.3 Å². The van der Waals surface area contributed by atoms with Gasteiger partial charge in [0.05, 0.1) is 18.2 Å². The van der Waals surface area contributed by atoms with E-state index in [1.165, 1.54) is 0 Å². The van der Waals surface area contributed by atoms with Crippen molar-refractivity contribution in [2.75, 3.05) is 13.2 Å². The summed E-state index contributed by atoms with van der Waals surface area (Å²) in [6, 6.07) is 8.79. The summed E-state index contributed by atoms with van der Waals surface area (Å²) in [6.45, 7) is 3.97. The van der Waals surface area contributed by atoms with E-state index in [4.69, 9.17) is 10.00 Å². The highest BCUT2D eigenvalue weighted by molar-refractivity contribution is 5.79. The molecule has 0 aliphatic carbocycles. The van der Waals surface area contributed by atoms with Gasteiger partial charge in [0.25, 0.3) is 0 Å². The molecule has 0 aliphatic rings. The molecular formula is C11H11N2O2. The molecule has 0 spiro atoms. The maximum Gasteiger partial charge on any atom is 0.220 e. The number of ether oxygens (including phenoxy) is 1. The van der Waals surface area contributed by atoms with Crippen LogP contribution in [0.2, 0.25) is 0 Å². The molecule has 1 amide bonds. The fourth-order valence-electron chi connectivity index (χ4n) is 0.985. The van der Waals surface area contributed by atoms with Crippen molar-refractivity contribution in [1.29, 1.82) is 5.26 Å². The van der Waals surface area contributed by atoms with E-state index in [1.807, 2.05) is 6.07 Å². The molecule has 0 aromatic heterocycles. The monoisotopic (exact) mass is 203 g/mol. The Balaban J connectivity index is 2.32. The SMILES string of the molecule is [CH2]C(=O)NCCOc1ccc(C#N)cc1. The first-order valence-corrected chi connectivity index (χ1v) is 4.45. The number of amides is 1. The summed E-state index contributed by atoms with van der Waals surface area (Å²) in [4.78, 5) is 10.4. The number of nitrogens with one attached hydrogen (secondary N) is 1. The van der Waals surface area contributed by atoms with Crippen LogP contribution in [0.1, 0.15) is 5.56 Å². The molecule has 0 saturated heterocycles. The van der Waals surface area contributed by atoms with Crippen molar-refractivity contribution in [2.24, 2.45) is 0 Å². The zero-order valence-corrected chi connectivity index (χ0v) is 8.19. The number of hydrogen-bond donors (Lipinski definition) is 1. The summed E-state index contributed by atoms with van der Waals surface area (Å²) in [6.07, 6.45) is 0. The van der Waals surface area contributed by atoms with Gasteiger partial charge in [0, 0.05) is 6.92 Å². The number of rotatable bonds is 4. The highest BCUT2D eigenvalue weighted by atomic mass is 16.5. The number of carbonyl (C=O) groups excluding carboxylic acids is 1. The lowest BCUT2D eigenvalue weighted by molar-refractivity contribution is -0.116. The summed E-state index contributed by atoms with van der Waals surface area (Å²) >= 11 is 0. The van der Waals surface area contributed by atoms with E-state index < -0.39 is 0 Å². The van der Waals surface area contributed by atoms with Gasteiger partial charge in [0.2, 0.25) is 5.91 Å². The van der Waals surface area contributed by atoms with Crippen molar-refractivity contribution in [3.05, 3.63) is 36.8 Å². The van der Waals surface area contributed by atoms with Crippen LogP contribution in [0.3, 0.4) is 0 Å². The molecule has 1 aromatic carbocycles. The second-order valence-electron chi connectivity index (χ2n) is 2.83. The van der Waals surface area contributed by atoms with Crippen LogP contribution in [-0.4, -0.2) is 19.1 Å². The molecule has 0 heterocycles. The second-order valence-corrected chi connectivity index (χ2v) is 2.83. The van der Waals surface area contributed by atoms with Gasteiger partial charge < -0.3 is 10.1 Å². The molecule has 1 rings (SSSR count). The predicted molar refractivity (Wildman–Crippen MR) is 55.0 cm³/mol. The first-order chi connectivity index (χ1) is 7.22.